The Morgan fingerprint density at radius 2 is 2.16 bits per heavy atom. The van der Waals surface area contributed by atoms with Crippen LogP contribution in [-0.4, -0.2) is 32.7 Å². The Labute approximate surface area is 113 Å². The molecule has 1 fully saturated rings. The third-order valence-electron chi connectivity index (χ3n) is 3.37. The Bertz CT molecular complexity index is 462. The van der Waals surface area contributed by atoms with Crippen molar-refractivity contribution in [1.82, 2.24) is 10.6 Å². The molecule has 0 aliphatic carbocycles. The van der Waals surface area contributed by atoms with Gasteiger partial charge in [0.2, 0.25) is 5.91 Å². The molecular weight excluding hydrogens is 244 g/mol. The lowest BCUT2D eigenvalue weighted by Crippen LogP contribution is -2.33. The maximum atomic E-state index is 11.2. The summed E-state index contributed by atoms with van der Waals surface area (Å²) in [5.41, 5.74) is 1.06. The molecule has 2 atom stereocenters. The van der Waals surface area contributed by atoms with Crippen LogP contribution in [0.25, 0.3) is 0 Å². The summed E-state index contributed by atoms with van der Waals surface area (Å²) in [6, 6.07) is 6.05. The van der Waals surface area contributed by atoms with Crippen LogP contribution in [0.2, 0.25) is 0 Å². The fourth-order valence-corrected chi connectivity index (χ4v) is 2.34. The molecule has 2 N–H and O–H groups in total. The average Bonchev–Trinajstić information content (AvgIpc) is 2.83. The molecule has 19 heavy (non-hydrogen) atoms. The van der Waals surface area contributed by atoms with Gasteiger partial charge in [-0.25, -0.2) is 0 Å². The van der Waals surface area contributed by atoms with Gasteiger partial charge in [0.25, 0.3) is 0 Å². The first-order valence-electron chi connectivity index (χ1n) is 6.38. The molecule has 2 unspecified atom stereocenters. The van der Waals surface area contributed by atoms with Gasteiger partial charge in [0.15, 0.2) is 0 Å². The average molecular weight is 264 g/mol. The second-order valence-corrected chi connectivity index (χ2v) is 4.70. The molecular formula is C14H20N2O3. The van der Waals surface area contributed by atoms with Gasteiger partial charge in [0, 0.05) is 36.7 Å². The fourth-order valence-electron chi connectivity index (χ4n) is 2.34. The molecule has 5 heteroatoms. The van der Waals surface area contributed by atoms with E-state index in [0.717, 1.165) is 17.1 Å². The molecule has 1 saturated heterocycles. The van der Waals surface area contributed by atoms with Gasteiger partial charge < -0.3 is 20.1 Å². The minimum Gasteiger partial charge on any atom is -0.497 e. The van der Waals surface area contributed by atoms with E-state index in [1.165, 1.54) is 0 Å². The highest BCUT2D eigenvalue weighted by atomic mass is 16.5. The molecule has 0 aromatic heterocycles. The number of amides is 1. The van der Waals surface area contributed by atoms with Crippen LogP contribution in [-0.2, 0) is 4.79 Å². The summed E-state index contributed by atoms with van der Waals surface area (Å²) in [5, 5.41) is 6.25. The number of carbonyl (C=O) groups is 1. The Morgan fingerprint density at radius 3 is 2.74 bits per heavy atom. The van der Waals surface area contributed by atoms with Gasteiger partial charge in [-0.1, -0.05) is 6.07 Å². The topological polar surface area (TPSA) is 59.6 Å². The predicted octanol–water partition coefficient (Wildman–Crippen LogP) is 1.24. The van der Waals surface area contributed by atoms with E-state index in [1.54, 1.807) is 14.2 Å². The van der Waals surface area contributed by atoms with Gasteiger partial charge in [-0.15, -0.1) is 0 Å². The van der Waals surface area contributed by atoms with Crippen LogP contribution in [0.1, 0.15) is 24.9 Å². The van der Waals surface area contributed by atoms with E-state index in [1.807, 2.05) is 18.2 Å². The van der Waals surface area contributed by atoms with Crippen molar-refractivity contribution in [1.29, 1.82) is 0 Å². The molecule has 5 nitrogen and oxygen atoms in total. The van der Waals surface area contributed by atoms with Crippen LogP contribution < -0.4 is 20.1 Å². The lowest BCUT2D eigenvalue weighted by atomic mass is 10.1. The number of benzene rings is 1. The highest BCUT2D eigenvalue weighted by Crippen LogP contribution is 2.29. The van der Waals surface area contributed by atoms with Crippen LogP contribution in [0.4, 0.5) is 0 Å². The number of carbonyl (C=O) groups excluding carboxylic acids is 1. The first-order chi connectivity index (χ1) is 9.13. The smallest absolute Gasteiger partial charge is 0.221 e. The molecule has 1 aliphatic heterocycles. The Balaban J connectivity index is 2.09. The van der Waals surface area contributed by atoms with Gasteiger partial charge in [0.05, 0.1) is 14.2 Å². The quantitative estimate of drug-likeness (QED) is 0.840. The molecule has 0 spiro atoms. The monoisotopic (exact) mass is 264 g/mol. The highest BCUT2D eigenvalue weighted by Gasteiger charge is 2.24. The van der Waals surface area contributed by atoms with Crippen molar-refractivity contribution in [2.24, 2.45) is 0 Å². The van der Waals surface area contributed by atoms with E-state index in [4.69, 9.17) is 9.47 Å². The zero-order chi connectivity index (χ0) is 13.8. The van der Waals surface area contributed by atoms with E-state index < -0.39 is 0 Å². The summed E-state index contributed by atoms with van der Waals surface area (Å²) in [6.45, 7) is 2.74. The molecule has 104 valence electrons. The third-order valence-corrected chi connectivity index (χ3v) is 3.37. The molecule has 0 bridgehead atoms. The van der Waals surface area contributed by atoms with Crippen molar-refractivity contribution in [2.45, 2.75) is 25.4 Å². The Hall–Kier alpha value is -1.75. The zero-order valence-corrected chi connectivity index (χ0v) is 11.5. The number of hydrogen-bond donors (Lipinski definition) is 2. The maximum absolute atomic E-state index is 11.2. The first-order valence-corrected chi connectivity index (χ1v) is 6.38. The summed E-state index contributed by atoms with van der Waals surface area (Å²) >= 11 is 0. The SMILES string of the molecule is COc1ccc(C(C)NC2CNC(=O)C2)c(OC)c1. The largest absolute Gasteiger partial charge is 0.497 e. The number of methoxy groups -OCH3 is 2. The molecule has 1 amide bonds. The number of rotatable bonds is 5. The maximum Gasteiger partial charge on any atom is 0.221 e. The van der Waals surface area contributed by atoms with Crippen molar-refractivity contribution in [2.75, 3.05) is 20.8 Å². The van der Waals surface area contributed by atoms with E-state index in [-0.39, 0.29) is 18.0 Å². The molecule has 0 saturated carbocycles. The molecule has 0 radical (unpaired) electrons. The van der Waals surface area contributed by atoms with Crippen LogP contribution in [0.5, 0.6) is 11.5 Å². The molecule has 1 aromatic rings. The third kappa shape index (κ3) is 3.17. The van der Waals surface area contributed by atoms with Crippen LogP contribution >= 0.6 is 0 Å². The van der Waals surface area contributed by atoms with Crippen LogP contribution in [0.3, 0.4) is 0 Å². The van der Waals surface area contributed by atoms with E-state index in [9.17, 15) is 4.79 Å². The van der Waals surface area contributed by atoms with Crippen molar-refractivity contribution >= 4 is 5.91 Å². The Kier molecular flexibility index (Phi) is 4.27. The Morgan fingerprint density at radius 1 is 1.37 bits per heavy atom. The minimum atomic E-state index is 0.103. The van der Waals surface area contributed by atoms with E-state index in [2.05, 4.69) is 17.6 Å². The number of ether oxygens (including phenoxy) is 2. The van der Waals surface area contributed by atoms with Gasteiger partial charge in [-0.05, 0) is 13.0 Å². The summed E-state index contributed by atoms with van der Waals surface area (Å²) in [5.74, 6) is 1.66. The van der Waals surface area contributed by atoms with Crippen molar-refractivity contribution in [3.63, 3.8) is 0 Å². The lowest BCUT2D eigenvalue weighted by molar-refractivity contribution is -0.119. The summed E-state index contributed by atoms with van der Waals surface area (Å²) in [4.78, 5) is 11.2. The molecule has 1 heterocycles. The fraction of sp³-hybridized carbons (Fsp3) is 0.500. The van der Waals surface area contributed by atoms with E-state index >= 15 is 0 Å². The standard InChI is InChI=1S/C14H20N2O3/c1-9(16-10-6-14(17)15-8-10)12-5-4-11(18-2)7-13(12)19-3/h4-5,7,9-10,16H,6,8H2,1-3H3,(H,15,17). The summed E-state index contributed by atoms with van der Waals surface area (Å²) < 4.78 is 10.6. The van der Waals surface area contributed by atoms with Gasteiger partial charge >= 0.3 is 0 Å². The van der Waals surface area contributed by atoms with E-state index in [0.29, 0.717) is 13.0 Å². The number of hydrogen-bond acceptors (Lipinski definition) is 4. The normalized spacial score (nSPS) is 19.9. The highest BCUT2D eigenvalue weighted by molar-refractivity contribution is 5.78. The predicted molar refractivity (Wildman–Crippen MR) is 72.5 cm³/mol. The zero-order valence-electron chi connectivity index (χ0n) is 11.5. The van der Waals surface area contributed by atoms with Gasteiger partial charge in [-0.2, -0.15) is 0 Å². The first kappa shape index (κ1) is 13.7. The molecule has 1 aromatic carbocycles. The number of nitrogens with one attached hydrogen (secondary N) is 2. The van der Waals surface area contributed by atoms with Gasteiger partial charge in [-0.3, -0.25) is 4.79 Å². The van der Waals surface area contributed by atoms with Crippen molar-refractivity contribution < 1.29 is 14.3 Å². The van der Waals surface area contributed by atoms with Crippen molar-refractivity contribution in [3.05, 3.63) is 23.8 Å². The summed E-state index contributed by atoms with van der Waals surface area (Å²) in [6.07, 6.45) is 0.531. The molecule has 1 aliphatic rings. The van der Waals surface area contributed by atoms with Crippen LogP contribution in [0, 0.1) is 0 Å². The lowest BCUT2D eigenvalue weighted by Gasteiger charge is -2.21. The van der Waals surface area contributed by atoms with Crippen molar-refractivity contribution in [3.8, 4) is 11.5 Å². The summed E-state index contributed by atoms with van der Waals surface area (Å²) in [7, 11) is 3.28. The second kappa shape index (κ2) is 5.93. The second-order valence-electron chi connectivity index (χ2n) is 4.70. The molecule has 2 rings (SSSR count). The minimum absolute atomic E-state index is 0.103. The van der Waals surface area contributed by atoms with Gasteiger partial charge in [0.1, 0.15) is 11.5 Å². The van der Waals surface area contributed by atoms with Crippen LogP contribution in [0.15, 0.2) is 18.2 Å².